The number of nitrogen functional groups attached to an aromatic ring is 1. The van der Waals surface area contributed by atoms with Crippen LogP contribution in [0.2, 0.25) is 0 Å². The van der Waals surface area contributed by atoms with Crippen molar-refractivity contribution in [3.05, 3.63) is 27.7 Å². The molecule has 0 fully saturated rings. The minimum atomic E-state index is -0.406. The highest BCUT2D eigenvalue weighted by molar-refractivity contribution is 9.10. The van der Waals surface area contributed by atoms with Gasteiger partial charge in [-0.15, -0.1) is 0 Å². The lowest BCUT2D eigenvalue weighted by molar-refractivity contribution is 0.0601. The van der Waals surface area contributed by atoms with E-state index in [4.69, 9.17) is 5.73 Å². The van der Waals surface area contributed by atoms with E-state index in [1.807, 2.05) is 6.92 Å². The molecule has 1 rings (SSSR count). The number of rotatable bonds is 1. The molecule has 4 heteroatoms. The smallest absolute Gasteiger partial charge is 0.340 e. The average Bonchev–Trinajstić information content (AvgIpc) is 2.12. The lowest BCUT2D eigenvalue weighted by Gasteiger charge is -2.08. The summed E-state index contributed by atoms with van der Waals surface area (Å²) < 4.78 is 5.46. The Morgan fingerprint density at radius 1 is 1.54 bits per heavy atom. The second-order valence-corrected chi connectivity index (χ2v) is 3.48. The number of carbonyl (C=O) groups is 1. The molecule has 0 spiro atoms. The van der Waals surface area contributed by atoms with E-state index >= 15 is 0 Å². The van der Waals surface area contributed by atoms with E-state index in [-0.39, 0.29) is 0 Å². The van der Waals surface area contributed by atoms with E-state index in [0.29, 0.717) is 11.3 Å². The number of ether oxygens (including phenoxy) is 1. The monoisotopic (exact) mass is 243 g/mol. The fourth-order valence-electron chi connectivity index (χ4n) is 1.08. The van der Waals surface area contributed by atoms with Crippen LogP contribution in [0.5, 0.6) is 0 Å². The molecule has 3 nitrogen and oxygen atoms in total. The van der Waals surface area contributed by atoms with Crippen LogP contribution in [0.25, 0.3) is 0 Å². The van der Waals surface area contributed by atoms with Gasteiger partial charge in [0.15, 0.2) is 0 Å². The zero-order chi connectivity index (χ0) is 10.0. The fraction of sp³-hybridized carbons (Fsp3) is 0.222. The number of methoxy groups -OCH3 is 1. The van der Waals surface area contributed by atoms with Gasteiger partial charge in [-0.1, -0.05) is 15.9 Å². The minimum Gasteiger partial charge on any atom is -0.465 e. The van der Waals surface area contributed by atoms with Gasteiger partial charge in [0.1, 0.15) is 0 Å². The second kappa shape index (κ2) is 3.79. The molecule has 0 unspecified atom stereocenters. The Balaban J connectivity index is 3.33. The third-order valence-corrected chi connectivity index (χ3v) is 2.68. The molecule has 2 N–H and O–H groups in total. The molecule has 0 aliphatic carbocycles. The van der Waals surface area contributed by atoms with Gasteiger partial charge in [-0.25, -0.2) is 4.79 Å². The summed E-state index contributed by atoms with van der Waals surface area (Å²) in [7, 11) is 1.34. The Morgan fingerprint density at radius 3 is 2.69 bits per heavy atom. The number of hydrogen-bond donors (Lipinski definition) is 1. The zero-order valence-corrected chi connectivity index (χ0v) is 9.01. The van der Waals surface area contributed by atoms with Crippen molar-refractivity contribution in [2.24, 2.45) is 0 Å². The van der Waals surface area contributed by atoms with E-state index < -0.39 is 5.97 Å². The summed E-state index contributed by atoms with van der Waals surface area (Å²) in [4.78, 5) is 11.3. The molecule has 0 bridgehead atoms. The van der Waals surface area contributed by atoms with Crippen LogP contribution in [0.4, 0.5) is 5.69 Å². The molecule has 70 valence electrons. The molecule has 0 aliphatic heterocycles. The maximum atomic E-state index is 11.3. The number of esters is 1. The van der Waals surface area contributed by atoms with Crippen molar-refractivity contribution in [1.29, 1.82) is 0 Å². The topological polar surface area (TPSA) is 52.3 Å². The first kappa shape index (κ1) is 10.1. The van der Waals surface area contributed by atoms with Gasteiger partial charge in [-0.05, 0) is 24.6 Å². The lowest BCUT2D eigenvalue weighted by Crippen LogP contribution is -2.08. The van der Waals surface area contributed by atoms with Gasteiger partial charge in [0.2, 0.25) is 0 Å². The van der Waals surface area contributed by atoms with E-state index in [2.05, 4.69) is 20.7 Å². The number of benzene rings is 1. The van der Waals surface area contributed by atoms with Gasteiger partial charge in [0.25, 0.3) is 0 Å². The van der Waals surface area contributed by atoms with Crippen molar-refractivity contribution >= 4 is 27.6 Å². The highest BCUT2D eigenvalue weighted by atomic mass is 79.9. The first-order valence-electron chi connectivity index (χ1n) is 3.70. The molecule has 0 atom stereocenters. The number of hydrogen-bond acceptors (Lipinski definition) is 3. The summed E-state index contributed by atoms with van der Waals surface area (Å²) in [5.41, 5.74) is 7.31. The molecule has 0 amide bonds. The van der Waals surface area contributed by atoms with Crippen molar-refractivity contribution < 1.29 is 9.53 Å². The third kappa shape index (κ3) is 1.83. The van der Waals surface area contributed by atoms with Crippen molar-refractivity contribution in [2.75, 3.05) is 12.8 Å². The predicted octanol–water partition coefficient (Wildman–Crippen LogP) is 2.13. The fourth-order valence-corrected chi connectivity index (χ4v) is 1.41. The van der Waals surface area contributed by atoms with Crippen LogP contribution in [-0.2, 0) is 4.74 Å². The van der Waals surface area contributed by atoms with Gasteiger partial charge >= 0.3 is 5.97 Å². The zero-order valence-electron chi connectivity index (χ0n) is 7.43. The van der Waals surface area contributed by atoms with Gasteiger partial charge < -0.3 is 10.5 Å². The van der Waals surface area contributed by atoms with Gasteiger partial charge in [-0.2, -0.15) is 0 Å². The first-order chi connectivity index (χ1) is 6.07. The number of anilines is 1. The van der Waals surface area contributed by atoms with Crippen molar-refractivity contribution in [1.82, 2.24) is 0 Å². The molecule has 0 saturated heterocycles. The van der Waals surface area contributed by atoms with E-state index in [9.17, 15) is 4.79 Å². The Labute approximate surface area is 85.0 Å². The third-order valence-electron chi connectivity index (χ3n) is 1.82. The van der Waals surface area contributed by atoms with Crippen LogP contribution in [0, 0.1) is 6.92 Å². The van der Waals surface area contributed by atoms with Crippen molar-refractivity contribution in [3.63, 3.8) is 0 Å². The molecule has 0 heterocycles. The number of nitrogens with two attached hydrogens (primary N) is 1. The Bertz CT molecular complexity index is 350. The Morgan fingerprint density at radius 2 is 2.15 bits per heavy atom. The van der Waals surface area contributed by atoms with Gasteiger partial charge in [0.05, 0.1) is 12.7 Å². The van der Waals surface area contributed by atoms with Crippen LogP contribution in [0.1, 0.15) is 15.9 Å². The summed E-state index contributed by atoms with van der Waals surface area (Å²) in [6.45, 7) is 1.81. The minimum absolute atomic E-state index is 0.406. The maximum Gasteiger partial charge on any atom is 0.340 e. The summed E-state index contributed by atoms with van der Waals surface area (Å²) >= 11 is 3.31. The van der Waals surface area contributed by atoms with E-state index in [1.54, 1.807) is 12.1 Å². The van der Waals surface area contributed by atoms with Crippen LogP contribution in [-0.4, -0.2) is 13.1 Å². The molecule has 1 aromatic rings. The van der Waals surface area contributed by atoms with Crippen LogP contribution < -0.4 is 5.73 Å². The number of carbonyl (C=O) groups excluding carboxylic acids is 1. The van der Waals surface area contributed by atoms with Crippen molar-refractivity contribution in [2.45, 2.75) is 6.92 Å². The maximum absolute atomic E-state index is 11.3. The summed E-state index contributed by atoms with van der Waals surface area (Å²) in [5, 5.41) is 0. The lowest BCUT2D eigenvalue weighted by atomic mass is 10.1. The summed E-state index contributed by atoms with van der Waals surface area (Å²) in [6.07, 6.45) is 0. The predicted molar refractivity (Wildman–Crippen MR) is 54.6 cm³/mol. The standard InChI is InChI=1S/C9H10BrNO2/c1-5-6(10)3-4-7(11)8(5)9(12)13-2/h3-4H,11H2,1-2H3. The SMILES string of the molecule is COC(=O)c1c(N)ccc(Br)c1C. The van der Waals surface area contributed by atoms with Gasteiger partial charge in [-0.3, -0.25) is 0 Å². The highest BCUT2D eigenvalue weighted by Crippen LogP contribution is 2.25. The molecule has 1 aromatic carbocycles. The largest absolute Gasteiger partial charge is 0.465 e. The second-order valence-electron chi connectivity index (χ2n) is 2.63. The molecule has 0 aliphatic rings. The number of halogens is 1. The summed E-state index contributed by atoms with van der Waals surface area (Å²) in [6, 6.07) is 3.47. The Kier molecular flexibility index (Phi) is 2.93. The van der Waals surface area contributed by atoms with E-state index in [1.165, 1.54) is 7.11 Å². The average molecular weight is 244 g/mol. The normalized spacial score (nSPS) is 9.77. The van der Waals surface area contributed by atoms with Crippen molar-refractivity contribution in [3.8, 4) is 0 Å². The summed E-state index contributed by atoms with van der Waals surface area (Å²) in [5.74, 6) is -0.406. The van der Waals surface area contributed by atoms with Crippen LogP contribution >= 0.6 is 15.9 Å². The van der Waals surface area contributed by atoms with Gasteiger partial charge in [0, 0.05) is 10.2 Å². The Hall–Kier alpha value is -1.03. The molecule has 0 radical (unpaired) electrons. The molecule has 0 saturated carbocycles. The molecular weight excluding hydrogens is 234 g/mol. The quantitative estimate of drug-likeness (QED) is 0.608. The van der Waals surface area contributed by atoms with Crippen LogP contribution in [0.3, 0.4) is 0 Å². The highest BCUT2D eigenvalue weighted by Gasteiger charge is 2.14. The first-order valence-corrected chi connectivity index (χ1v) is 4.50. The molecular formula is C9H10BrNO2. The van der Waals surface area contributed by atoms with E-state index in [0.717, 1.165) is 10.0 Å². The van der Waals surface area contributed by atoms with Crippen LogP contribution in [0.15, 0.2) is 16.6 Å². The molecule has 0 aromatic heterocycles. The molecule has 13 heavy (non-hydrogen) atoms.